The molecular formula is C31H52N4O3. The van der Waals surface area contributed by atoms with Crippen molar-refractivity contribution >= 4 is 17.7 Å². The molecule has 0 radical (unpaired) electrons. The molecule has 5 atom stereocenters. The maximum absolute atomic E-state index is 14.0. The molecule has 0 aromatic carbocycles. The summed E-state index contributed by atoms with van der Waals surface area (Å²) in [4.78, 5) is 41.9. The van der Waals surface area contributed by atoms with Crippen LogP contribution in [0.5, 0.6) is 0 Å². The lowest BCUT2D eigenvalue weighted by molar-refractivity contribution is -0.141. The predicted molar refractivity (Wildman–Crippen MR) is 151 cm³/mol. The maximum Gasteiger partial charge on any atom is 0.315 e. The van der Waals surface area contributed by atoms with E-state index in [4.69, 9.17) is 0 Å². The number of carbonyl (C=O) groups excluding carboxylic acids is 3. The fraction of sp³-hybridized carbons (Fsp3) is 0.839. The van der Waals surface area contributed by atoms with E-state index in [-0.39, 0.29) is 52.5 Å². The Morgan fingerprint density at radius 1 is 1.03 bits per heavy atom. The van der Waals surface area contributed by atoms with E-state index in [1.807, 2.05) is 0 Å². The zero-order valence-corrected chi connectivity index (χ0v) is 24.7. The van der Waals surface area contributed by atoms with Crippen molar-refractivity contribution in [3.63, 3.8) is 0 Å². The molecule has 1 aliphatic heterocycles. The molecule has 4 aliphatic rings. The van der Waals surface area contributed by atoms with Gasteiger partial charge in [-0.2, -0.15) is 0 Å². The minimum atomic E-state index is -0.589. The Bertz CT molecular complexity index is 913. The van der Waals surface area contributed by atoms with Crippen molar-refractivity contribution in [3.05, 3.63) is 12.3 Å². The van der Waals surface area contributed by atoms with Gasteiger partial charge in [-0.3, -0.25) is 9.59 Å². The minimum absolute atomic E-state index is 0.0609. The molecule has 3 amide bonds. The third kappa shape index (κ3) is 6.56. The third-order valence-electron chi connectivity index (χ3n) is 10.0. The number of allylic oxidation sites excluding steroid dienone is 1. The highest BCUT2D eigenvalue weighted by molar-refractivity contribution is 5.93. The van der Waals surface area contributed by atoms with E-state index in [2.05, 4.69) is 57.1 Å². The molecular weight excluding hydrogens is 476 g/mol. The molecule has 4 fully saturated rings. The third-order valence-corrected chi connectivity index (χ3v) is 10.0. The summed E-state index contributed by atoms with van der Waals surface area (Å²) in [6, 6.07) is -1.30. The van der Waals surface area contributed by atoms with Gasteiger partial charge < -0.3 is 20.9 Å². The molecule has 0 spiro atoms. The Hall–Kier alpha value is -2.05. The first-order valence-electron chi connectivity index (χ1n) is 15.1. The lowest BCUT2D eigenvalue weighted by Crippen LogP contribution is -2.59. The summed E-state index contributed by atoms with van der Waals surface area (Å²) in [5, 5.41) is 9.79. The van der Waals surface area contributed by atoms with E-state index in [1.54, 1.807) is 11.8 Å². The number of Topliss-reactive ketones (excluding diaryl/α,β-unsaturated/α-hetero) is 1. The van der Waals surface area contributed by atoms with Crippen LogP contribution >= 0.6 is 0 Å². The Labute approximate surface area is 230 Å². The second-order valence-electron chi connectivity index (χ2n) is 14.4. The molecule has 214 valence electrons. The number of amides is 3. The van der Waals surface area contributed by atoms with Crippen molar-refractivity contribution in [2.24, 2.45) is 34.5 Å². The van der Waals surface area contributed by atoms with Gasteiger partial charge in [0.1, 0.15) is 6.04 Å². The zero-order chi connectivity index (χ0) is 27.8. The number of nitrogens with zero attached hydrogens (tertiary/aromatic N) is 1. The van der Waals surface area contributed by atoms with E-state index in [0.29, 0.717) is 12.5 Å². The average molecular weight is 529 g/mol. The summed E-state index contributed by atoms with van der Waals surface area (Å²) in [7, 11) is 0. The summed E-state index contributed by atoms with van der Waals surface area (Å²) in [5.41, 5.74) is 0.991. The number of nitrogens with one attached hydrogen (secondary N) is 3. The van der Waals surface area contributed by atoms with Crippen LogP contribution in [0.15, 0.2) is 12.3 Å². The smallest absolute Gasteiger partial charge is 0.315 e. The van der Waals surface area contributed by atoms with Crippen LogP contribution in [0, 0.1) is 34.5 Å². The van der Waals surface area contributed by atoms with E-state index >= 15 is 0 Å². The predicted octanol–water partition coefficient (Wildman–Crippen LogP) is 5.01. The molecule has 3 aliphatic carbocycles. The maximum atomic E-state index is 14.0. The molecule has 3 unspecified atom stereocenters. The van der Waals surface area contributed by atoms with Gasteiger partial charge in [0, 0.05) is 24.8 Å². The monoisotopic (exact) mass is 528 g/mol. The molecule has 3 saturated carbocycles. The van der Waals surface area contributed by atoms with Crippen LogP contribution in [0.1, 0.15) is 99.3 Å². The van der Waals surface area contributed by atoms with E-state index in [0.717, 1.165) is 56.7 Å². The molecule has 38 heavy (non-hydrogen) atoms. The van der Waals surface area contributed by atoms with Gasteiger partial charge in [0.15, 0.2) is 5.78 Å². The SMILES string of the molecule is C=C(CCC(NC(=O)NC(C(=O)N1C[C@H]2[C@@H](C1C(C)=O)C2(C)C)C1CCCCC1)C(C)(C)C)NCC1CC1. The highest BCUT2D eigenvalue weighted by Gasteiger charge is 2.69. The lowest BCUT2D eigenvalue weighted by atomic mass is 9.82. The first-order chi connectivity index (χ1) is 17.8. The summed E-state index contributed by atoms with van der Waals surface area (Å²) in [6.45, 7) is 18.2. The van der Waals surface area contributed by atoms with Crippen molar-refractivity contribution < 1.29 is 14.4 Å². The molecule has 7 heteroatoms. The van der Waals surface area contributed by atoms with Crippen molar-refractivity contribution in [3.8, 4) is 0 Å². The number of rotatable bonds is 11. The number of hydrogen-bond acceptors (Lipinski definition) is 4. The van der Waals surface area contributed by atoms with E-state index in [1.165, 1.54) is 19.3 Å². The van der Waals surface area contributed by atoms with Crippen molar-refractivity contribution in [1.82, 2.24) is 20.9 Å². The van der Waals surface area contributed by atoms with E-state index < -0.39 is 6.04 Å². The highest BCUT2D eigenvalue weighted by atomic mass is 16.2. The van der Waals surface area contributed by atoms with Gasteiger partial charge in [0.25, 0.3) is 0 Å². The molecule has 3 N–H and O–H groups in total. The average Bonchev–Trinajstić information content (AvgIpc) is 3.71. The van der Waals surface area contributed by atoms with Crippen LogP contribution in [0.4, 0.5) is 4.79 Å². The molecule has 4 rings (SSSR count). The van der Waals surface area contributed by atoms with Crippen LogP contribution in [0.2, 0.25) is 0 Å². The largest absolute Gasteiger partial charge is 0.389 e. The van der Waals surface area contributed by atoms with Gasteiger partial charge in [0.2, 0.25) is 5.91 Å². The van der Waals surface area contributed by atoms with Crippen molar-refractivity contribution in [1.29, 1.82) is 0 Å². The molecule has 7 nitrogen and oxygen atoms in total. The fourth-order valence-electron chi connectivity index (χ4n) is 7.09. The first kappa shape index (κ1) is 28.9. The van der Waals surface area contributed by atoms with Crippen LogP contribution in [0.25, 0.3) is 0 Å². The number of ketones is 1. The number of fused-ring (bicyclic) bond motifs is 1. The number of carbonyl (C=O) groups is 3. The Balaban J connectivity index is 1.41. The summed E-state index contributed by atoms with van der Waals surface area (Å²) in [6.07, 6.45) is 9.38. The summed E-state index contributed by atoms with van der Waals surface area (Å²) >= 11 is 0. The van der Waals surface area contributed by atoms with E-state index in [9.17, 15) is 14.4 Å². The van der Waals surface area contributed by atoms with Crippen molar-refractivity contribution in [2.75, 3.05) is 13.1 Å². The fourth-order valence-corrected chi connectivity index (χ4v) is 7.09. The summed E-state index contributed by atoms with van der Waals surface area (Å²) < 4.78 is 0. The molecule has 1 heterocycles. The lowest BCUT2D eigenvalue weighted by Gasteiger charge is -2.37. The molecule has 0 aromatic rings. The molecule has 1 saturated heterocycles. The minimum Gasteiger partial charge on any atom is -0.389 e. The normalized spacial score (nSPS) is 28.2. The van der Waals surface area contributed by atoms with Gasteiger partial charge in [-0.25, -0.2) is 4.79 Å². The second-order valence-corrected chi connectivity index (χ2v) is 14.4. The quantitative estimate of drug-likeness (QED) is 0.351. The van der Waals surface area contributed by atoms with Crippen LogP contribution < -0.4 is 16.0 Å². The van der Waals surface area contributed by atoms with Gasteiger partial charge >= 0.3 is 6.03 Å². The van der Waals surface area contributed by atoms with Crippen LogP contribution in [-0.2, 0) is 9.59 Å². The van der Waals surface area contributed by atoms with Gasteiger partial charge in [-0.1, -0.05) is 60.5 Å². The highest BCUT2D eigenvalue weighted by Crippen LogP contribution is 2.65. The Kier molecular flexibility index (Phi) is 8.54. The van der Waals surface area contributed by atoms with Gasteiger partial charge in [0.05, 0.1) is 6.04 Å². The molecule has 0 bridgehead atoms. The number of piperidine rings is 1. The molecule has 0 aromatic heterocycles. The van der Waals surface area contributed by atoms with Gasteiger partial charge in [-0.15, -0.1) is 0 Å². The Morgan fingerprint density at radius 2 is 1.68 bits per heavy atom. The standard InChI is InChI=1S/C31H52N4O3/c1-19(32-17-21-14-15-21)13-16-24(30(3,4)5)33-29(38)34-26(22-11-9-8-10-12-22)28(37)35-18-23-25(31(23,6)7)27(35)20(2)36/h21-27,32H,1,8-18H2,2-7H3,(H2,33,34,38)/t23-,24?,25-,26?,27?/m0/s1. The zero-order valence-electron chi connectivity index (χ0n) is 24.7. The number of urea groups is 1. The topological polar surface area (TPSA) is 90.5 Å². The first-order valence-corrected chi connectivity index (χ1v) is 15.1. The van der Waals surface area contributed by atoms with Crippen molar-refractivity contribution in [2.45, 2.75) is 117 Å². The van der Waals surface area contributed by atoms with Crippen LogP contribution in [0.3, 0.4) is 0 Å². The number of hydrogen-bond donors (Lipinski definition) is 3. The number of likely N-dealkylation sites (tertiary alicyclic amines) is 1. The summed E-state index contributed by atoms with van der Waals surface area (Å²) in [5.74, 6) is 1.49. The Morgan fingerprint density at radius 3 is 2.26 bits per heavy atom. The van der Waals surface area contributed by atoms with Gasteiger partial charge in [-0.05, 0) is 80.0 Å². The second kappa shape index (κ2) is 11.2. The van der Waals surface area contributed by atoms with Crippen LogP contribution in [-0.4, -0.2) is 53.8 Å².